The molecular formula is C18H13ClF7N7O2. The second-order valence-electron chi connectivity index (χ2n) is 6.73. The predicted octanol–water partition coefficient (Wildman–Crippen LogP) is 4.60. The summed E-state index contributed by atoms with van der Waals surface area (Å²) in [6, 6.07) is 0.352. The number of nitrogens with zero attached hydrogens (tertiary/aromatic N) is 5. The summed E-state index contributed by atoms with van der Waals surface area (Å²) >= 11 is 5.53. The molecule has 3 rings (SSSR count). The topological polar surface area (TPSA) is 107 Å². The number of amides is 2. The zero-order chi connectivity index (χ0) is 26.0. The highest BCUT2D eigenvalue weighted by Crippen LogP contribution is 2.40. The van der Waals surface area contributed by atoms with Crippen molar-refractivity contribution >= 4 is 23.3 Å². The van der Waals surface area contributed by atoms with E-state index >= 15 is 0 Å². The first kappa shape index (κ1) is 25.9. The Hall–Kier alpha value is -3.69. The summed E-state index contributed by atoms with van der Waals surface area (Å²) in [5.74, 6) is -2.17. The summed E-state index contributed by atoms with van der Waals surface area (Å²) in [7, 11) is 0. The molecule has 0 radical (unpaired) electrons. The number of urea groups is 1. The molecule has 0 saturated carbocycles. The third-order valence-electron chi connectivity index (χ3n) is 4.15. The summed E-state index contributed by atoms with van der Waals surface area (Å²) in [6.07, 6.45) is -12.0. The van der Waals surface area contributed by atoms with Gasteiger partial charge in [0.25, 0.3) is 12.1 Å². The number of carbonyl (C=O) groups is 1. The summed E-state index contributed by atoms with van der Waals surface area (Å²) in [5.41, 5.74) is -0.805. The highest BCUT2D eigenvalue weighted by molar-refractivity contribution is 6.32. The number of aromatic nitrogens is 5. The summed E-state index contributed by atoms with van der Waals surface area (Å²) in [5, 5.41) is 7.36. The minimum atomic E-state index is -5.95. The van der Waals surface area contributed by atoms with Crippen LogP contribution >= 0.6 is 11.6 Å². The molecule has 2 N–H and O–H groups in total. The largest absolute Gasteiger partial charge is 0.439 e. The van der Waals surface area contributed by atoms with E-state index < -0.39 is 52.8 Å². The molecule has 2 atom stereocenters. The van der Waals surface area contributed by atoms with E-state index in [4.69, 9.17) is 11.6 Å². The summed E-state index contributed by atoms with van der Waals surface area (Å²) in [6.45, 7) is 1.47. The van der Waals surface area contributed by atoms with Crippen molar-refractivity contribution in [3.63, 3.8) is 0 Å². The Kier molecular flexibility index (Phi) is 7.33. The molecule has 3 aromatic rings. The van der Waals surface area contributed by atoms with Crippen LogP contribution in [0.4, 0.5) is 41.2 Å². The average Bonchev–Trinajstić information content (AvgIpc) is 3.26. The number of carbonyl (C=O) groups excluding carboxylic acids is 1. The number of alkyl halides is 6. The Bertz CT molecular complexity index is 1190. The van der Waals surface area contributed by atoms with E-state index in [1.807, 2.05) is 5.32 Å². The minimum Gasteiger partial charge on any atom is -0.428 e. The van der Waals surface area contributed by atoms with E-state index in [1.54, 1.807) is 6.07 Å². The zero-order valence-electron chi connectivity index (χ0n) is 17.2. The van der Waals surface area contributed by atoms with E-state index in [0.29, 0.717) is 12.1 Å². The lowest BCUT2D eigenvalue weighted by Crippen LogP contribution is -2.45. The minimum absolute atomic E-state index is 0.130. The molecule has 0 aliphatic carbocycles. The zero-order valence-corrected chi connectivity index (χ0v) is 18.0. The standard InChI is InChI=1S/C18H13ClF7N7O2/c1-8(13-29-7-30-33(13)15-27-3-2-4-28-15)31-16(34)32-11-6-12(9(19)5-10(11)20)35-18(25,26)14(21)17(22,23)24/h2-8,14H,1H3,(H2,31,32,34). The highest BCUT2D eigenvalue weighted by Gasteiger charge is 2.59. The Balaban J connectivity index is 1.75. The van der Waals surface area contributed by atoms with Crippen molar-refractivity contribution in [2.45, 2.75) is 31.4 Å². The predicted molar refractivity (Wildman–Crippen MR) is 105 cm³/mol. The van der Waals surface area contributed by atoms with Gasteiger partial charge < -0.3 is 15.4 Å². The van der Waals surface area contributed by atoms with Gasteiger partial charge in [-0.1, -0.05) is 11.6 Å². The van der Waals surface area contributed by atoms with E-state index in [1.165, 1.54) is 24.0 Å². The van der Waals surface area contributed by atoms with Crippen LogP contribution in [-0.4, -0.2) is 49.2 Å². The van der Waals surface area contributed by atoms with Gasteiger partial charge in [-0.15, -0.1) is 0 Å². The summed E-state index contributed by atoms with van der Waals surface area (Å²) < 4.78 is 96.4. The molecule has 0 fully saturated rings. The maximum absolute atomic E-state index is 14.2. The first-order valence-corrected chi connectivity index (χ1v) is 9.69. The van der Waals surface area contributed by atoms with E-state index in [9.17, 15) is 35.5 Å². The van der Waals surface area contributed by atoms with Gasteiger partial charge in [0, 0.05) is 18.5 Å². The van der Waals surface area contributed by atoms with E-state index in [0.717, 1.165) is 6.33 Å². The lowest BCUT2D eigenvalue weighted by Gasteiger charge is -2.24. The van der Waals surface area contributed by atoms with Crippen LogP contribution in [0.25, 0.3) is 5.95 Å². The molecule has 0 spiro atoms. The van der Waals surface area contributed by atoms with Gasteiger partial charge in [-0.2, -0.15) is 31.7 Å². The van der Waals surface area contributed by atoms with Crippen molar-refractivity contribution in [1.29, 1.82) is 0 Å². The number of anilines is 1. The monoisotopic (exact) mass is 527 g/mol. The first-order chi connectivity index (χ1) is 16.3. The van der Waals surface area contributed by atoms with Gasteiger partial charge in [0.15, 0.2) is 5.82 Å². The molecule has 2 unspecified atom stereocenters. The lowest BCUT2D eigenvalue weighted by molar-refractivity contribution is -0.304. The normalized spacial score (nSPS) is 13.7. The fourth-order valence-corrected chi connectivity index (χ4v) is 2.80. The van der Waals surface area contributed by atoms with Gasteiger partial charge in [-0.05, 0) is 19.1 Å². The van der Waals surface area contributed by atoms with Gasteiger partial charge in [0.1, 0.15) is 17.9 Å². The third kappa shape index (κ3) is 6.06. The fraction of sp³-hybridized carbons (Fsp3) is 0.278. The van der Waals surface area contributed by atoms with Gasteiger partial charge >= 0.3 is 18.3 Å². The van der Waals surface area contributed by atoms with Crippen molar-refractivity contribution < 1.29 is 40.3 Å². The molecule has 188 valence electrons. The number of benzene rings is 1. The van der Waals surface area contributed by atoms with Gasteiger partial charge in [-0.3, -0.25) is 0 Å². The quantitative estimate of drug-likeness (QED) is 0.435. The molecule has 2 amide bonds. The maximum Gasteiger partial charge on any atom is 0.439 e. The van der Waals surface area contributed by atoms with Crippen molar-refractivity contribution in [1.82, 2.24) is 30.0 Å². The molecule has 2 aromatic heterocycles. The van der Waals surface area contributed by atoms with E-state index in [-0.39, 0.29) is 11.8 Å². The molecule has 0 bridgehead atoms. The van der Waals surface area contributed by atoms with Gasteiger partial charge in [0.05, 0.1) is 16.8 Å². The lowest BCUT2D eigenvalue weighted by atomic mass is 10.2. The van der Waals surface area contributed by atoms with Crippen LogP contribution in [0.1, 0.15) is 18.8 Å². The fourth-order valence-electron chi connectivity index (χ4n) is 2.61. The smallest absolute Gasteiger partial charge is 0.428 e. The average molecular weight is 528 g/mol. The van der Waals surface area contributed by atoms with Gasteiger partial charge in [0.2, 0.25) is 0 Å². The number of hydrogen-bond acceptors (Lipinski definition) is 6. The van der Waals surface area contributed by atoms with Crippen molar-refractivity contribution in [2.24, 2.45) is 0 Å². The number of nitrogens with one attached hydrogen (secondary N) is 2. The van der Waals surface area contributed by atoms with Crippen LogP contribution in [0.15, 0.2) is 36.9 Å². The molecular weight excluding hydrogens is 515 g/mol. The van der Waals surface area contributed by atoms with Crippen LogP contribution < -0.4 is 15.4 Å². The number of ether oxygens (including phenoxy) is 1. The molecule has 2 heterocycles. The van der Waals surface area contributed by atoms with Crippen LogP contribution in [-0.2, 0) is 0 Å². The highest BCUT2D eigenvalue weighted by atomic mass is 35.5. The Morgan fingerprint density at radius 3 is 2.43 bits per heavy atom. The van der Waals surface area contributed by atoms with Crippen molar-refractivity contribution in [3.8, 4) is 11.7 Å². The molecule has 1 aromatic carbocycles. The van der Waals surface area contributed by atoms with Gasteiger partial charge in [-0.25, -0.2) is 28.5 Å². The SMILES string of the molecule is CC(NC(=O)Nc1cc(OC(F)(F)C(F)C(F)(F)F)c(Cl)cc1F)c1ncnn1-c1ncccn1. The van der Waals surface area contributed by atoms with Crippen LogP contribution in [0.2, 0.25) is 5.02 Å². The van der Waals surface area contributed by atoms with Crippen LogP contribution in [0.5, 0.6) is 5.75 Å². The number of rotatable bonds is 7. The number of halogens is 8. The Labute approximate surface area is 196 Å². The number of hydrogen-bond donors (Lipinski definition) is 2. The second kappa shape index (κ2) is 9.89. The van der Waals surface area contributed by atoms with E-state index in [2.05, 4.69) is 30.1 Å². The summed E-state index contributed by atoms with van der Waals surface area (Å²) in [4.78, 5) is 24.3. The molecule has 35 heavy (non-hydrogen) atoms. The van der Waals surface area contributed by atoms with Crippen LogP contribution in [0, 0.1) is 5.82 Å². The van der Waals surface area contributed by atoms with Crippen LogP contribution in [0.3, 0.4) is 0 Å². The van der Waals surface area contributed by atoms with Crippen molar-refractivity contribution in [3.05, 3.63) is 53.6 Å². The molecule has 0 aliphatic heterocycles. The first-order valence-electron chi connectivity index (χ1n) is 9.31. The Morgan fingerprint density at radius 2 is 1.80 bits per heavy atom. The van der Waals surface area contributed by atoms with Crippen molar-refractivity contribution in [2.75, 3.05) is 5.32 Å². The molecule has 0 aliphatic rings. The molecule has 17 heteroatoms. The molecule has 9 nitrogen and oxygen atoms in total. The third-order valence-corrected chi connectivity index (χ3v) is 4.44. The Morgan fingerprint density at radius 1 is 1.14 bits per heavy atom. The second-order valence-corrected chi connectivity index (χ2v) is 7.14. The maximum atomic E-state index is 14.2. The molecule has 0 saturated heterocycles.